The number of carbonyl (C=O) groups excluding carboxylic acids is 1. The van der Waals surface area contributed by atoms with Crippen LogP contribution in [0, 0.1) is 6.92 Å². The summed E-state index contributed by atoms with van der Waals surface area (Å²) in [6.45, 7) is 2.02. The van der Waals surface area contributed by atoms with Crippen molar-refractivity contribution in [1.82, 2.24) is 5.43 Å². The lowest BCUT2D eigenvalue weighted by molar-refractivity contribution is -0.116. The van der Waals surface area contributed by atoms with Gasteiger partial charge in [0.15, 0.2) is 0 Å². The molecular formula is C17H18N2O. The third kappa shape index (κ3) is 3.72. The number of hydrazine groups is 1. The topological polar surface area (TPSA) is 32.3 Å². The molecule has 0 aliphatic rings. The van der Waals surface area contributed by atoms with Crippen LogP contribution in [0.5, 0.6) is 0 Å². The molecule has 0 aliphatic carbocycles. The van der Waals surface area contributed by atoms with Crippen molar-refractivity contribution in [3.05, 3.63) is 71.8 Å². The van der Waals surface area contributed by atoms with Crippen LogP contribution in [0.2, 0.25) is 0 Å². The van der Waals surface area contributed by atoms with Crippen molar-refractivity contribution >= 4 is 17.7 Å². The highest BCUT2D eigenvalue weighted by Gasteiger charge is 2.02. The van der Waals surface area contributed by atoms with Crippen molar-refractivity contribution in [2.75, 3.05) is 12.1 Å². The van der Waals surface area contributed by atoms with Crippen molar-refractivity contribution in [3.8, 4) is 0 Å². The lowest BCUT2D eigenvalue weighted by Crippen LogP contribution is -2.38. The third-order valence-corrected chi connectivity index (χ3v) is 3.02. The fourth-order valence-electron chi connectivity index (χ4n) is 1.86. The maximum absolute atomic E-state index is 11.9. The smallest absolute Gasteiger partial charge is 0.262 e. The van der Waals surface area contributed by atoms with Gasteiger partial charge in [0.2, 0.25) is 0 Å². The average molecular weight is 266 g/mol. The molecule has 0 aliphatic heterocycles. The molecular weight excluding hydrogens is 248 g/mol. The van der Waals surface area contributed by atoms with Crippen molar-refractivity contribution < 1.29 is 4.79 Å². The Balaban J connectivity index is 1.98. The number of rotatable bonds is 4. The van der Waals surface area contributed by atoms with Crippen LogP contribution in [0.25, 0.3) is 6.08 Å². The van der Waals surface area contributed by atoms with Gasteiger partial charge in [0.05, 0.1) is 5.69 Å². The second-order valence-electron chi connectivity index (χ2n) is 4.56. The summed E-state index contributed by atoms with van der Waals surface area (Å²) in [5, 5.41) is 1.70. The molecule has 0 spiro atoms. The largest absolute Gasteiger partial charge is 0.288 e. The second kappa shape index (κ2) is 6.57. The van der Waals surface area contributed by atoms with Crippen LogP contribution in [0.4, 0.5) is 5.69 Å². The summed E-state index contributed by atoms with van der Waals surface area (Å²) in [5.41, 5.74) is 5.92. The van der Waals surface area contributed by atoms with Gasteiger partial charge in [-0.1, -0.05) is 42.5 Å². The van der Waals surface area contributed by atoms with Gasteiger partial charge in [-0.05, 0) is 36.3 Å². The van der Waals surface area contributed by atoms with E-state index in [4.69, 9.17) is 0 Å². The Hall–Kier alpha value is -2.55. The third-order valence-electron chi connectivity index (χ3n) is 3.02. The Morgan fingerprint density at radius 3 is 2.40 bits per heavy atom. The first kappa shape index (κ1) is 13.9. The fourth-order valence-corrected chi connectivity index (χ4v) is 1.86. The lowest BCUT2D eigenvalue weighted by atomic mass is 10.1. The summed E-state index contributed by atoms with van der Waals surface area (Å²) >= 11 is 0. The first-order valence-corrected chi connectivity index (χ1v) is 6.50. The molecule has 0 bridgehead atoms. The number of anilines is 1. The summed E-state index contributed by atoms with van der Waals surface area (Å²) in [6.07, 6.45) is 3.37. The normalized spacial score (nSPS) is 10.5. The summed E-state index contributed by atoms with van der Waals surface area (Å²) in [5.74, 6) is -0.153. The van der Waals surface area contributed by atoms with Gasteiger partial charge in [0, 0.05) is 13.1 Å². The molecule has 0 saturated heterocycles. The highest BCUT2D eigenvalue weighted by molar-refractivity contribution is 5.92. The number of amides is 1. The number of nitrogens with zero attached hydrogens (tertiary/aromatic N) is 1. The van der Waals surface area contributed by atoms with E-state index in [0.717, 1.165) is 16.8 Å². The van der Waals surface area contributed by atoms with E-state index in [0.29, 0.717) is 0 Å². The van der Waals surface area contributed by atoms with E-state index >= 15 is 0 Å². The molecule has 2 aromatic carbocycles. The minimum absolute atomic E-state index is 0.153. The zero-order valence-electron chi connectivity index (χ0n) is 11.7. The molecule has 2 aromatic rings. The van der Waals surface area contributed by atoms with E-state index in [2.05, 4.69) is 5.43 Å². The monoisotopic (exact) mass is 266 g/mol. The standard InChI is InChI=1S/C17H18N2O/c1-14-8-6-7-9-15(14)12-13-17(20)18-19(2)16-10-4-3-5-11-16/h3-13H,1-2H3,(H,18,20)/b13-12+. The Bertz CT molecular complexity index is 605. The highest BCUT2D eigenvalue weighted by Crippen LogP contribution is 2.10. The average Bonchev–Trinajstić information content (AvgIpc) is 2.47. The Morgan fingerprint density at radius 1 is 1.05 bits per heavy atom. The van der Waals surface area contributed by atoms with Gasteiger partial charge in [0.1, 0.15) is 0 Å². The van der Waals surface area contributed by atoms with Gasteiger partial charge >= 0.3 is 0 Å². The van der Waals surface area contributed by atoms with Crippen LogP contribution in [-0.2, 0) is 4.79 Å². The molecule has 0 saturated carbocycles. The van der Waals surface area contributed by atoms with E-state index in [-0.39, 0.29) is 5.91 Å². The quantitative estimate of drug-likeness (QED) is 0.681. The van der Waals surface area contributed by atoms with Crippen molar-refractivity contribution in [3.63, 3.8) is 0 Å². The Morgan fingerprint density at radius 2 is 1.70 bits per heavy atom. The molecule has 0 unspecified atom stereocenters. The predicted octanol–water partition coefficient (Wildman–Crippen LogP) is 3.18. The summed E-state index contributed by atoms with van der Waals surface area (Å²) in [7, 11) is 1.81. The van der Waals surface area contributed by atoms with Gasteiger partial charge in [-0.25, -0.2) is 0 Å². The summed E-state index contributed by atoms with van der Waals surface area (Å²) in [6, 6.07) is 17.6. The van der Waals surface area contributed by atoms with E-state index < -0.39 is 0 Å². The van der Waals surface area contributed by atoms with E-state index in [9.17, 15) is 4.79 Å². The van der Waals surface area contributed by atoms with Gasteiger partial charge in [-0.3, -0.25) is 15.2 Å². The van der Waals surface area contributed by atoms with E-state index in [1.807, 2.05) is 74.6 Å². The lowest BCUT2D eigenvalue weighted by Gasteiger charge is -2.19. The van der Waals surface area contributed by atoms with Crippen LogP contribution in [0.15, 0.2) is 60.7 Å². The minimum Gasteiger partial charge on any atom is -0.288 e. The van der Waals surface area contributed by atoms with Crippen molar-refractivity contribution in [2.24, 2.45) is 0 Å². The predicted molar refractivity (Wildman–Crippen MR) is 83.2 cm³/mol. The minimum atomic E-state index is -0.153. The number of aryl methyl sites for hydroxylation is 1. The van der Waals surface area contributed by atoms with Crippen LogP contribution in [0.3, 0.4) is 0 Å². The van der Waals surface area contributed by atoms with Gasteiger partial charge in [-0.15, -0.1) is 0 Å². The maximum Gasteiger partial charge on any atom is 0.262 e. The molecule has 0 fully saturated rings. The second-order valence-corrected chi connectivity index (χ2v) is 4.56. The van der Waals surface area contributed by atoms with E-state index in [1.54, 1.807) is 11.1 Å². The molecule has 0 heterocycles. The molecule has 1 amide bonds. The van der Waals surface area contributed by atoms with Crippen LogP contribution < -0.4 is 10.4 Å². The molecule has 0 aromatic heterocycles. The van der Waals surface area contributed by atoms with Crippen LogP contribution >= 0.6 is 0 Å². The fraction of sp³-hybridized carbons (Fsp3) is 0.118. The highest BCUT2D eigenvalue weighted by atomic mass is 16.2. The van der Waals surface area contributed by atoms with Crippen molar-refractivity contribution in [1.29, 1.82) is 0 Å². The molecule has 20 heavy (non-hydrogen) atoms. The zero-order chi connectivity index (χ0) is 14.4. The number of carbonyl (C=O) groups is 1. The van der Waals surface area contributed by atoms with Gasteiger partial charge < -0.3 is 0 Å². The molecule has 0 radical (unpaired) electrons. The zero-order valence-corrected chi connectivity index (χ0v) is 11.7. The van der Waals surface area contributed by atoms with E-state index in [1.165, 1.54) is 0 Å². The summed E-state index contributed by atoms with van der Waals surface area (Å²) in [4.78, 5) is 11.9. The SMILES string of the molecule is Cc1ccccc1/C=C/C(=O)NN(C)c1ccccc1. The maximum atomic E-state index is 11.9. The number of hydrogen-bond donors (Lipinski definition) is 1. The first-order valence-electron chi connectivity index (χ1n) is 6.50. The van der Waals surface area contributed by atoms with Gasteiger partial charge in [0.25, 0.3) is 5.91 Å². The van der Waals surface area contributed by atoms with Crippen LogP contribution in [0.1, 0.15) is 11.1 Å². The molecule has 3 nitrogen and oxygen atoms in total. The number of para-hydroxylation sites is 1. The summed E-state index contributed by atoms with van der Waals surface area (Å²) < 4.78 is 0. The molecule has 0 atom stereocenters. The molecule has 102 valence electrons. The number of hydrogen-bond acceptors (Lipinski definition) is 2. The number of benzene rings is 2. The van der Waals surface area contributed by atoms with Crippen molar-refractivity contribution in [2.45, 2.75) is 6.92 Å². The molecule has 1 N–H and O–H groups in total. The van der Waals surface area contributed by atoms with Gasteiger partial charge in [-0.2, -0.15) is 0 Å². The van der Waals surface area contributed by atoms with Crippen LogP contribution in [-0.4, -0.2) is 13.0 Å². The Kier molecular flexibility index (Phi) is 4.56. The first-order chi connectivity index (χ1) is 9.66. The number of nitrogens with one attached hydrogen (secondary N) is 1. The Labute approximate surface area is 119 Å². The molecule has 3 heteroatoms. The molecule has 2 rings (SSSR count).